The summed E-state index contributed by atoms with van der Waals surface area (Å²) in [4.78, 5) is 21.0. The third-order valence-corrected chi connectivity index (χ3v) is 6.51. The number of carbonyl (C=O) groups excluding carboxylic acids is 1. The van der Waals surface area contributed by atoms with Gasteiger partial charge in [0.1, 0.15) is 0 Å². The highest BCUT2D eigenvalue weighted by molar-refractivity contribution is 7.94. The van der Waals surface area contributed by atoms with Crippen LogP contribution in [0, 0.1) is 0 Å². The van der Waals surface area contributed by atoms with Gasteiger partial charge in [-0.15, -0.1) is 0 Å². The standard InChI is InChI=1S/C21H23N5O3S/c1-21(2,3)30(28,29)26-14-9-10-17-15(11-14)16(19(27)25-20(22)23)12-18(24-17)13-7-5-4-6-8-13/h4-12,26H,1-3H3,(H4,22,23,25,27). The summed E-state index contributed by atoms with van der Waals surface area (Å²) < 4.78 is 26.6. The highest BCUT2D eigenvalue weighted by atomic mass is 32.2. The van der Waals surface area contributed by atoms with E-state index in [1.165, 1.54) is 0 Å². The van der Waals surface area contributed by atoms with Crippen LogP contribution in [0.15, 0.2) is 59.6 Å². The van der Waals surface area contributed by atoms with E-state index in [-0.39, 0.29) is 11.5 Å². The maximum absolute atomic E-state index is 12.7. The van der Waals surface area contributed by atoms with Gasteiger partial charge in [0.15, 0.2) is 5.96 Å². The summed E-state index contributed by atoms with van der Waals surface area (Å²) in [5.74, 6) is -1.01. The number of benzene rings is 2. The van der Waals surface area contributed by atoms with E-state index in [0.717, 1.165) is 5.56 Å². The van der Waals surface area contributed by atoms with Gasteiger partial charge in [0.2, 0.25) is 10.0 Å². The maximum Gasteiger partial charge on any atom is 0.280 e. The van der Waals surface area contributed by atoms with E-state index in [4.69, 9.17) is 11.5 Å². The van der Waals surface area contributed by atoms with Gasteiger partial charge in [-0.1, -0.05) is 30.3 Å². The van der Waals surface area contributed by atoms with Gasteiger partial charge in [-0.25, -0.2) is 13.4 Å². The molecule has 0 fully saturated rings. The molecule has 9 heteroatoms. The lowest BCUT2D eigenvalue weighted by Gasteiger charge is -2.20. The minimum atomic E-state index is -3.65. The fourth-order valence-corrected chi connectivity index (χ4v) is 3.45. The van der Waals surface area contributed by atoms with Crippen molar-refractivity contribution in [3.63, 3.8) is 0 Å². The molecule has 0 atom stereocenters. The predicted octanol–water partition coefficient (Wildman–Crippen LogP) is 2.86. The van der Waals surface area contributed by atoms with E-state index in [0.29, 0.717) is 22.3 Å². The molecule has 3 rings (SSSR count). The van der Waals surface area contributed by atoms with E-state index in [9.17, 15) is 13.2 Å². The molecule has 0 aliphatic rings. The summed E-state index contributed by atoms with van der Waals surface area (Å²) in [5, 5.41) is 0.429. The topological polar surface area (TPSA) is 141 Å². The van der Waals surface area contributed by atoms with Crippen molar-refractivity contribution >= 4 is 38.5 Å². The second kappa shape index (κ2) is 7.75. The molecular weight excluding hydrogens is 402 g/mol. The molecule has 2 aromatic carbocycles. The lowest BCUT2D eigenvalue weighted by atomic mass is 10.0. The van der Waals surface area contributed by atoms with Crippen molar-refractivity contribution in [1.29, 1.82) is 0 Å². The first-order valence-electron chi connectivity index (χ1n) is 9.14. The van der Waals surface area contributed by atoms with E-state index >= 15 is 0 Å². The Morgan fingerprint density at radius 3 is 2.30 bits per heavy atom. The predicted molar refractivity (Wildman–Crippen MR) is 120 cm³/mol. The quantitative estimate of drug-likeness (QED) is 0.434. The molecule has 0 radical (unpaired) electrons. The van der Waals surface area contributed by atoms with Crippen LogP contribution in [-0.4, -0.2) is 30.0 Å². The number of aliphatic imine (C=N–C) groups is 1. The summed E-state index contributed by atoms with van der Waals surface area (Å²) in [6.07, 6.45) is 0. The summed E-state index contributed by atoms with van der Waals surface area (Å²) in [5.41, 5.74) is 13.2. The van der Waals surface area contributed by atoms with Crippen LogP contribution in [0.25, 0.3) is 22.2 Å². The zero-order chi connectivity index (χ0) is 22.1. The molecule has 1 heterocycles. The number of pyridine rings is 1. The average molecular weight is 426 g/mol. The molecule has 0 unspecified atom stereocenters. The van der Waals surface area contributed by atoms with Gasteiger partial charge < -0.3 is 11.5 Å². The molecule has 0 saturated heterocycles. The highest BCUT2D eigenvalue weighted by Gasteiger charge is 2.29. The van der Waals surface area contributed by atoms with Crippen LogP contribution in [0.2, 0.25) is 0 Å². The molecule has 8 nitrogen and oxygen atoms in total. The monoisotopic (exact) mass is 425 g/mol. The normalized spacial score (nSPS) is 11.8. The third-order valence-electron chi connectivity index (χ3n) is 4.40. The fourth-order valence-electron chi connectivity index (χ4n) is 2.71. The molecule has 0 aliphatic heterocycles. The molecule has 30 heavy (non-hydrogen) atoms. The van der Waals surface area contributed by atoms with Crippen molar-refractivity contribution in [3.8, 4) is 11.3 Å². The second-order valence-corrected chi connectivity index (χ2v) is 10.1. The molecule has 1 aromatic heterocycles. The van der Waals surface area contributed by atoms with E-state index in [2.05, 4.69) is 14.7 Å². The van der Waals surface area contributed by atoms with Crippen molar-refractivity contribution in [2.45, 2.75) is 25.5 Å². The Morgan fingerprint density at radius 2 is 1.70 bits per heavy atom. The minimum absolute atomic E-state index is 0.212. The van der Waals surface area contributed by atoms with E-state index < -0.39 is 20.7 Å². The van der Waals surface area contributed by atoms with Gasteiger partial charge in [0, 0.05) is 16.6 Å². The minimum Gasteiger partial charge on any atom is -0.370 e. The van der Waals surface area contributed by atoms with Crippen LogP contribution in [0.5, 0.6) is 0 Å². The van der Waals surface area contributed by atoms with E-state index in [1.807, 2.05) is 30.3 Å². The molecule has 0 spiro atoms. The van der Waals surface area contributed by atoms with Crippen molar-refractivity contribution in [2.24, 2.45) is 16.5 Å². The fraction of sp³-hybridized carbons (Fsp3) is 0.190. The number of hydrogen-bond donors (Lipinski definition) is 3. The van der Waals surface area contributed by atoms with Gasteiger partial charge in [-0.3, -0.25) is 9.52 Å². The number of nitrogens with one attached hydrogen (secondary N) is 1. The largest absolute Gasteiger partial charge is 0.370 e. The first-order valence-corrected chi connectivity index (χ1v) is 10.6. The molecule has 0 bridgehead atoms. The molecule has 0 saturated carbocycles. The number of carbonyl (C=O) groups is 1. The number of hydrogen-bond acceptors (Lipinski definition) is 4. The van der Waals surface area contributed by atoms with Crippen molar-refractivity contribution in [3.05, 3.63) is 60.2 Å². The van der Waals surface area contributed by atoms with Gasteiger partial charge in [0.05, 0.1) is 21.5 Å². The Kier molecular flexibility index (Phi) is 5.49. The third kappa shape index (κ3) is 4.41. The van der Waals surface area contributed by atoms with Crippen LogP contribution in [0.1, 0.15) is 31.1 Å². The Labute approximate surface area is 175 Å². The zero-order valence-corrected chi connectivity index (χ0v) is 17.7. The van der Waals surface area contributed by atoms with Crippen LogP contribution in [0.4, 0.5) is 5.69 Å². The number of aromatic nitrogens is 1. The van der Waals surface area contributed by atoms with Gasteiger partial charge >= 0.3 is 0 Å². The highest BCUT2D eigenvalue weighted by Crippen LogP contribution is 2.29. The number of nitrogens with zero attached hydrogens (tertiary/aromatic N) is 2. The molecule has 156 valence electrons. The lowest BCUT2D eigenvalue weighted by molar-refractivity contribution is 0.100. The molecule has 1 amide bonds. The SMILES string of the molecule is CC(C)(C)S(=O)(=O)Nc1ccc2nc(-c3ccccc3)cc(C(=O)N=C(N)N)c2c1. The van der Waals surface area contributed by atoms with Crippen molar-refractivity contribution in [1.82, 2.24) is 4.98 Å². The molecule has 5 N–H and O–H groups in total. The number of sulfonamides is 1. The zero-order valence-electron chi connectivity index (χ0n) is 16.9. The van der Waals surface area contributed by atoms with Gasteiger partial charge in [-0.05, 0) is 45.0 Å². The summed E-state index contributed by atoms with van der Waals surface area (Å²) in [7, 11) is -3.65. The van der Waals surface area contributed by atoms with Gasteiger partial charge in [-0.2, -0.15) is 4.99 Å². The lowest BCUT2D eigenvalue weighted by Crippen LogP contribution is -2.33. The van der Waals surface area contributed by atoms with Crippen molar-refractivity contribution < 1.29 is 13.2 Å². The van der Waals surface area contributed by atoms with Crippen LogP contribution in [0.3, 0.4) is 0 Å². The number of fused-ring (bicyclic) bond motifs is 1. The molecule has 0 aliphatic carbocycles. The number of guanidine groups is 1. The Bertz CT molecular complexity index is 1240. The summed E-state index contributed by atoms with van der Waals surface area (Å²) >= 11 is 0. The van der Waals surface area contributed by atoms with Crippen LogP contribution < -0.4 is 16.2 Å². The van der Waals surface area contributed by atoms with E-state index in [1.54, 1.807) is 45.0 Å². The first-order chi connectivity index (χ1) is 14.0. The average Bonchev–Trinajstić information content (AvgIpc) is 2.66. The number of anilines is 1. The van der Waals surface area contributed by atoms with Crippen LogP contribution >= 0.6 is 0 Å². The number of nitrogens with two attached hydrogens (primary N) is 2. The Hall–Kier alpha value is -3.46. The Balaban J connectivity index is 2.20. The summed E-state index contributed by atoms with van der Waals surface area (Å²) in [6, 6.07) is 15.7. The smallest absolute Gasteiger partial charge is 0.280 e. The van der Waals surface area contributed by atoms with Crippen molar-refractivity contribution in [2.75, 3.05) is 4.72 Å². The second-order valence-electron chi connectivity index (χ2n) is 7.71. The summed E-state index contributed by atoms with van der Waals surface area (Å²) in [6.45, 7) is 4.79. The molecule has 3 aromatic rings. The Morgan fingerprint density at radius 1 is 1.03 bits per heavy atom. The maximum atomic E-state index is 12.7. The number of amides is 1. The molecular formula is C21H23N5O3S. The number of rotatable bonds is 4. The first kappa shape index (κ1) is 21.3. The van der Waals surface area contributed by atoms with Crippen LogP contribution in [-0.2, 0) is 10.0 Å². The van der Waals surface area contributed by atoms with Gasteiger partial charge in [0.25, 0.3) is 5.91 Å².